The molecule has 0 amide bonds. The van der Waals surface area contributed by atoms with Gasteiger partial charge in [-0.3, -0.25) is 14.6 Å². The van der Waals surface area contributed by atoms with E-state index in [1.807, 2.05) is 19.1 Å². The van der Waals surface area contributed by atoms with E-state index in [1.54, 1.807) is 19.2 Å². The Labute approximate surface area is 176 Å². The molecule has 1 aromatic heterocycles. The lowest BCUT2D eigenvalue weighted by molar-refractivity contribution is -0.146. The largest absolute Gasteiger partial charge is 0.481 e. The summed E-state index contributed by atoms with van der Waals surface area (Å²) in [5.74, 6) is -0.529. The molecule has 3 heterocycles. The van der Waals surface area contributed by atoms with Crippen LogP contribution in [0.5, 0.6) is 0 Å². The number of likely N-dealkylation sites (tertiary alicyclic amines) is 2. The highest BCUT2D eigenvalue weighted by molar-refractivity contribution is 5.72. The highest BCUT2D eigenvalue weighted by Crippen LogP contribution is 2.45. The summed E-state index contributed by atoms with van der Waals surface area (Å²) in [4.78, 5) is 25.3. The summed E-state index contributed by atoms with van der Waals surface area (Å²) in [6.07, 6.45) is 3.49. The van der Waals surface area contributed by atoms with Gasteiger partial charge in [-0.05, 0) is 63.0 Å². The summed E-state index contributed by atoms with van der Waals surface area (Å²) in [7, 11) is 0. The van der Waals surface area contributed by atoms with E-state index < -0.39 is 5.97 Å². The van der Waals surface area contributed by atoms with E-state index in [1.165, 1.54) is 6.07 Å². The summed E-state index contributed by atoms with van der Waals surface area (Å²) in [5, 5.41) is 9.93. The van der Waals surface area contributed by atoms with Crippen molar-refractivity contribution in [3.05, 3.63) is 58.9 Å². The van der Waals surface area contributed by atoms with Crippen molar-refractivity contribution in [2.45, 2.75) is 39.8 Å². The minimum Gasteiger partial charge on any atom is -0.481 e. The molecule has 1 unspecified atom stereocenters. The summed E-state index contributed by atoms with van der Waals surface area (Å²) in [6, 6.07) is 7.08. The number of nitrogens with zero attached hydrogens (tertiary/aromatic N) is 4. The second kappa shape index (κ2) is 8.40. The van der Waals surface area contributed by atoms with Crippen molar-refractivity contribution in [3.63, 3.8) is 0 Å². The van der Waals surface area contributed by atoms with Gasteiger partial charge in [-0.2, -0.15) is 0 Å². The normalized spacial score (nSPS) is 21.9. The number of aromatic nitrogens is 2. The Bertz CT molecular complexity index is 927. The molecule has 4 rings (SSSR count). The molecule has 1 spiro atoms. The minimum absolute atomic E-state index is 0.204. The highest BCUT2D eigenvalue weighted by Gasteiger charge is 2.51. The van der Waals surface area contributed by atoms with Crippen LogP contribution in [0.25, 0.3) is 0 Å². The van der Waals surface area contributed by atoms with Gasteiger partial charge in [-0.15, -0.1) is 0 Å². The van der Waals surface area contributed by atoms with Gasteiger partial charge in [-0.25, -0.2) is 14.4 Å². The van der Waals surface area contributed by atoms with E-state index in [2.05, 4.69) is 19.8 Å². The molecule has 0 saturated carbocycles. The summed E-state index contributed by atoms with van der Waals surface area (Å²) in [5.41, 5.74) is 2.38. The molecule has 2 aliphatic rings. The van der Waals surface area contributed by atoms with Gasteiger partial charge in [0.2, 0.25) is 0 Å². The topological polar surface area (TPSA) is 69.6 Å². The molecule has 160 valence electrons. The number of hydrogen-bond acceptors (Lipinski definition) is 5. The zero-order valence-corrected chi connectivity index (χ0v) is 17.6. The number of carboxylic acids is 1. The van der Waals surface area contributed by atoms with Crippen LogP contribution in [0.3, 0.4) is 0 Å². The number of piperidine rings is 1. The fraction of sp³-hybridized carbons (Fsp3) is 0.522. The zero-order valence-electron chi connectivity index (χ0n) is 17.6. The Morgan fingerprint density at radius 2 is 1.97 bits per heavy atom. The Balaban J connectivity index is 1.43. The molecule has 2 fully saturated rings. The maximum absolute atomic E-state index is 13.9. The van der Waals surface area contributed by atoms with Gasteiger partial charge in [0.15, 0.2) is 0 Å². The van der Waals surface area contributed by atoms with Crippen LogP contribution in [-0.4, -0.2) is 57.0 Å². The fourth-order valence-electron chi connectivity index (χ4n) is 5.08. The monoisotopic (exact) mass is 412 g/mol. The van der Waals surface area contributed by atoms with E-state index >= 15 is 0 Å². The van der Waals surface area contributed by atoms with E-state index in [-0.39, 0.29) is 17.2 Å². The highest BCUT2D eigenvalue weighted by atomic mass is 19.1. The maximum atomic E-state index is 13.9. The molecule has 1 atom stereocenters. The first-order valence-corrected chi connectivity index (χ1v) is 10.6. The third-order valence-corrected chi connectivity index (χ3v) is 6.86. The third kappa shape index (κ3) is 4.23. The van der Waals surface area contributed by atoms with E-state index in [0.29, 0.717) is 18.7 Å². The SMILES string of the molecule is Cc1nccc(CN2CCC3(CC2)CN(Cc2cccc(F)c2C)CC3C(=O)O)n1. The van der Waals surface area contributed by atoms with Gasteiger partial charge in [0.05, 0.1) is 11.6 Å². The molecule has 30 heavy (non-hydrogen) atoms. The molecule has 7 heteroatoms. The summed E-state index contributed by atoms with van der Waals surface area (Å²) >= 11 is 0. The fourth-order valence-corrected chi connectivity index (χ4v) is 5.08. The Kier molecular flexibility index (Phi) is 5.84. The van der Waals surface area contributed by atoms with Crippen LogP contribution in [0.15, 0.2) is 30.5 Å². The number of benzene rings is 1. The van der Waals surface area contributed by atoms with Crippen molar-refractivity contribution in [2.75, 3.05) is 26.2 Å². The van der Waals surface area contributed by atoms with Crippen LogP contribution < -0.4 is 0 Å². The second-order valence-electron chi connectivity index (χ2n) is 8.82. The molecule has 2 aliphatic heterocycles. The molecule has 1 N–H and O–H groups in total. The molecule has 2 aromatic rings. The first kappa shape index (κ1) is 20.9. The van der Waals surface area contributed by atoms with Gasteiger partial charge in [0.25, 0.3) is 0 Å². The van der Waals surface area contributed by atoms with E-state index in [9.17, 15) is 14.3 Å². The number of rotatable bonds is 5. The number of halogens is 1. The van der Waals surface area contributed by atoms with Crippen molar-refractivity contribution < 1.29 is 14.3 Å². The zero-order chi connectivity index (χ0) is 21.3. The van der Waals surface area contributed by atoms with Crippen molar-refractivity contribution in [2.24, 2.45) is 11.3 Å². The van der Waals surface area contributed by atoms with Crippen molar-refractivity contribution in [1.82, 2.24) is 19.8 Å². The molecule has 2 saturated heterocycles. The molecule has 0 radical (unpaired) electrons. The molecular weight excluding hydrogens is 383 g/mol. The number of carboxylic acid groups (broad SMARTS) is 1. The number of aryl methyl sites for hydroxylation is 1. The Morgan fingerprint density at radius 1 is 1.20 bits per heavy atom. The lowest BCUT2D eigenvalue weighted by atomic mass is 9.71. The quantitative estimate of drug-likeness (QED) is 0.814. The predicted molar refractivity (Wildman–Crippen MR) is 111 cm³/mol. The second-order valence-corrected chi connectivity index (χ2v) is 8.82. The molecule has 0 bridgehead atoms. The summed E-state index contributed by atoms with van der Waals surface area (Å²) in [6.45, 7) is 8.04. The molecular formula is C23H29FN4O2. The van der Waals surface area contributed by atoms with Gasteiger partial charge in [0.1, 0.15) is 11.6 Å². The average Bonchev–Trinajstić information content (AvgIpc) is 3.05. The van der Waals surface area contributed by atoms with Crippen LogP contribution in [0.1, 0.15) is 35.5 Å². The number of aliphatic carboxylic acids is 1. The Morgan fingerprint density at radius 3 is 2.67 bits per heavy atom. The van der Waals surface area contributed by atoms with Crippen LogP contribution >= 0.6 is 0 Å². The number of carbonyl (C=O) groups is 1. The van der Waals surface area contributed by atoms with Crippen LogP contribution in [0.4, 0.5) is 4.39 Å². The van der Waals surface area contributed by atoms with Crippen LogP contribution in [-0.2, 0) is 17.9 Å². The van der Waals surface area contributed by atoms with Crippen molar-refractivity contribution in [3.8, 4) is 0 Å². The molecule has 1 aromatic carbocycles. The van der Waals surface area contributed by atoms with Gasteiger partial charge in [-0.1, -0.05) is 12.1 Å². The maximum Gasteiger partial charge on any atom is 0.308 e. The lowest BCUT2D eigenvalue weighted by Crippen LogP contribution is -2.45. The standard InChI is InChI=1S/C23H29FN4O2/c1-16-18(4-3-5-21(16)24)12-28-14-20(22(29)30)23(15-28)7-10-27(11-8-23)13-19-6-9-25-17(2)26-19/h3-6,9,20H,7-8,10-15H2,1-2H3,(H,29,30). The van der Waals surface area contributed by atoms with Crippen LogP contribution in [0.2, 0.25) is 0 Å². The van der Waals surface area contributed by atoms with Gasteiger partial charge >= 0.3 is 5.97 Å². The van der Waals surface area contributed by atoms with Gasteiger partial charge < -0.3 is 5.11 Å². The van der Waals surface area contributed by atoms with Crippen LogP contribution in [0, 0.1) is 31.0 Å². The first-order valence-electron chi connectivity index (χ1n) is 10.6. The molecule has 6 nitrogen and oxygen atoms in total. The van der Waals surface area contributed by atoms with E-state index in [4.69, 9.17) is 0 Å². The smallest absolute Gasteiger partial charge is 0.308 e. The lowest BCUT2D eigenvalue weighted by Gasteiger charge is -2.41. The predicted octanol–water partition coefficient (Wildman–Crippen LogP) is 3.03. The average molecular weight is 413 g/mol. The first-order chi connectivity index (χ1) is 14.4. The summed E-state index contributed by atoms with van der Waals surface area (Å²) < 4.78 is 13.9. The van der Waals surface area contributed by atoms with E-state index in [0.717, 1.165) is 56.1 Å². The Hall–Kier alpha value is -2.38. The van der Waals surface area contributed by atoms with Crippen molar-refractivity contribution in [1.29, 1.82) is 0 Å². The molecule has 0 aliphatic carbocycles. The van der Waals surface area contributed by atoms with Crippen molar-refractivity contribution >= 4 is 5.97 Å². The van der Waals surface area contributed by atoms with Gasteiger partial charge in [0, 0.05) is 37.8 Å². The minimum atomic E-state index is -0.715. The third-order valence-electron chi connectivity index (χ3n) is 6.86. The number of hydrogen-bond donors (Lipinski definition) is 1.